The molecule has 1 aromatic carbocycles. The molecular weight excluding hydrogens is 283 g/mol. The zero-order valence-electron chi connectivity index (χ0n) is 10.8. The quantitative estimate of drug-likeness (QED) is 0.798. The first-order valence-corrected chi connectivity index (χ1v) is 7.46. The fourth-order valence-electron chi connectivity index (χ4n) is 2.24. The first-order valence-electron chi connectivity index (χ1n) is 6.55. The van der Waals surface area contributed by atoms with Crippen molar-refractivity contribution in [2.75, 3.05) is 37.0 Å². The second-order valence-electron chi connectivity index (χ2n) is 4.64. The third kappa shape index (κ3) is 4.02. The number of hydrogen-bond donors (Lipinski definition) is 0. The lowest BCUT2D eigenvalue weighted by molar-refractivity contribution is -0.131. The number of carbonyl (C=O) groups excluding carboxylic acids is 1. The van der Waals surface area contributed by atoms with Gasteiger partial charge in [0.2, 0.25) is 5.91 Å². The average Bonchev–Trinajstić information content (AvgIpc) is 2.46. The number of nitrogens with zero attached hydrogens (tertiary/aromatic N) is 2. The van der Waals surface area contributed by atoms with Crippen molar-refractivity contribution in [1.29, 1.82) is 0 Å². The van der Waals surface area contributed by atoms with Crippen LogP contribution < -0.4 is 4.90 Å². The monoisotopic (exact) mass is 300 g/mol. The van der Waals surface area contributed by atoms with Gasteiger partial charge in [-0.15, -0.1) is 11.6 Å². The third-order valence-electron chi connectivity index (χ3n) is 3.35. The lowest BCUT2D eigenvalue weighted by atomic mass is 10.2. The maximum absolute atomic E-state index is 11.9. The summed E-state index contributed by atoms with van der Waals surface area (Å²) < 4.78 is 0. The van der Waals surface area contributed by atoms with Gasteiger partial charge in [0.15, 0.2) is 0 Å². The summed E-state index contributed by atoms with van der Waals surface area (Å²) in [5.74, 6) is 0.771. The van der Waals surface area contributed by atoms with Crippen molar-refractivity contribution in [3.63, 3.8) is 0 Å². The summed E-state index contributed by atoms with van der Waals surface area (Å²) in [5.41, 5.74) is 1.16. The highest BCUT2D eigenvalue weighted by Crippen LogP contribution is 2.19. The lowest BCUT2D eigenvalue weighted by Gasteiger charge is -2.36. The van der Waals surface area contributed by atoms with Gasteiger partial charge in [-0.25, -0.2) is 0 Å². The van der Waals surface area contributed by atoms with E-state index in [2.05, 4.69) is 4.90 Å². The van der Waals surface area contributed by atoms with Gasteiger partial charge in [-0.2, -0.15) is 0 Å². The van der Waals surface area contributed by atoms with E-state index < -0.39 is 0 Å². The van der Waals surface area contributed by atoms with Crippen LogP contribution in [0.3, 0.4) is 0 Å². The van der Waals surface area contributed by atoms with Gasteiger partial charge in [0, 0.05) is 49.2 Å². The number of benzene rings is 1. The summed E-state index contributed by atoms with van der Waals surface area (Å²) in [5, 5.41) is 0.749. The van der Waals surface area contributed by atoms with Gasteiger partial charge in [-0.05, 0) is 30.7 Å². The van der Waals surface area contributed by atoms with E-state index in [-0.39, 0.29) is 5.91 Å². The molecule has 2 rings (SSSR count). The van der Waals surface area contributed by atoms with Crippen LogP contribution in [0.5, 0.6) is 0 Å². The van der Waals surface area contributed by atoms with Crippen LogP contribution >= 0.6 is 23.2 Å². The van der Waals surface area contributed by atoms with Crippen molar-refractivity contribution in [2.24, 2.45) is 0 Å². The van der Waals surface area contributed by atoms with E-state index in [0.717, 1.165) is 43.3 Å². The number of anilines is 1. The Kier molecular flexibility index (Phi) is 5.34. The molecule has 0 aliphatic carbocycles. The van der Waals surface area contributed by atoms with Crippen LogP contribution in [0, 0.1) is 0 Å². The summed E-state index contributed by atoms with van der Waals surface area (Å²) in [4.78, 5) is 16.1. The molecule has 1 heterocycles. The van der Waals surface area contributed by atoms with Crippen LogP contribution in [-0.2, 0) is 4.79 Å². The van der Waals surface area contributed by atoms with Gasteiger partial charge < -0.3 is 9.80 Å². The molecule has 5 heteroatoms. The van der Waals surface area contributed by atoms with Gasteiger partial charge in [0.05, 0.1) is 0 Å². The molecule has 1 amide bonds. The Balaban J connectivity index is 1.85. The number of halogens is 2. The number of rotatable bonds is 4. The highest BCUT2D eigenvalue weighted by molar-refractivity contribution is 6.30. The summed E-state index contributed by atoms with van der Waals surface area (Å²) in [7, 11) is 0. The Labute approximate surface area is 124 Å². The minimum atomic E-state index is 0.219. The minimum Gasteiger partial charge on any atom is -0.368 e. The van der Waals surface area contributed by atoms with Gasteiger partial charge in [-0.1, -0.05) is 11.6 Å². The standard InChI is InChI=1S/C14H18Cl2N2O/c15-7-1-2-14(19)18-10-8-17(9-11-18)13-5-3-12(16)4-6-13/h3-6H,1-2,7-11H2. The fourth-order valence-corrected chi connectivity index (χ4v) is 2.50. The molecule has 0 unspecified atom stereocenters. The number of alkyl halides is 1. The van der Waals surface area contributed by atoms with Crippen molar-refractivity contribution in [3.05, 3.63) is 29.3 Å². The molecule has 1 aliphatic rings. The molecule has 0 saturated carbocycles. The highest BCUT2D eigenvalue weighted by Gasteiger charge is 2.20. The minimum absolute atomic E-state index is 0.219. The molecule has 104 valence electrons. The first kappa shape index (κ1) is 14.5. The Morgan fingerprint density at radius 1 is 1.11 bits per heavy atom. The van der Waals surface area contributed by atoms with E-state index in [4.69, 9.17) is 23.2 Å². The fraction of sp³-hybridized carbons (Fsp3) is 0.500. The molecular formula is C14H18Cl2N2O. The Morgan fingerprint density at radius 2 is 1.74 bits per heavy atom. The van der Waals surface area contributed by atoms with Gasteiger partial charge >= 0.3 is 0 Å². The predicted molar refractivity (Wildman–Crippen MR) is 80.2 cm³/mol. The molecule has 0 N–H and O–H groups in total. The predicted octanol–water partition coefficient (Wildman–Crippen LogP) is 3.01. The Hall–Kier alpha value is -0.930. The molecule has 1 saturated heterocycles. The topological polar surface area (TPSA) is 23.6 Å². The molecule has 0 atom stereocenters. The second-order valence-corrected chi connectivity index (χ2v) is 5.45. The molecule has 0 bridgehead atoms. The van der Waals surface area contributed by atoms with E-state index in [1.54, 1.807) is 0 Å². The van der Waals surface area contributed by atoms with Crippen molar-refractivity contribution in [3.8, 4) is 0 Å². The van der Waals surface area contributed by atoms with Crippen molar-refractivity contribution < 1.29 is 4.79 Å². The van der Waals surface area contributed by atoms with E-state index in [1.165, 1.54) is 0 Å². The second kappa shape index (κ2) is 7.01. The Bertz CT molecular complexity index is 414. The zero-order chi connectivity index (χ0) is 13.7. The van der Waals surface area contributed by atoms with Crippen LogP contribution in [0.2, 0.25) is 5.02 Å². The molecule has 19 heavy (non-hydrogen) atoms. The largest absolute Gasteiger partial charge is 0.368 e. The molecule has 0 aromatic heterocycles. The first-order chi connectivity index (χ1) is 9.20. The van der Waals surface area contributed by atoms with Gasteiger partial charge in [0.1, 0.15) is 0 Å². The van der Waals surface area contributed by atoms with E-state index in [9.17, 15) is 4.79 Å². The lowest BCUT2D eigenvalue weighted by Crippen LogP contribution is -2.48. The van der Waals surface area contributed by atoms with Crippen molar-refractivity contribution in [1.82, 2.24) is 4.90 Å². The van der Waals surface area contributed by atoms with Crippen LogP contribution in [0.25, 0.3) is 0 Å². The maximum atomic E-state index is 11.9. The van der Waals surface area contributed by atoms with E-state index in [1.807, 2.05) is 29.2 Å². The van der Waals surface area contributed by atoms with E-state index >= 15 is 0 Å². The van der Waals surface area contributed by atoms with Crippen LogP contribution in [-0.4, -0.2) is 42.9 Å². The van der Waals surface area contributed by atoms with Crippen LogP contribution in [0.4, 0.5) is 5.69 Å². The third-order valence-corrected chi connectivity index (χ3v) is 3.87. The van der Waals surface area contributed by atoms with Crippen LogP contribution in [0.15, 0.2) is 24.3 Å². The summed E-state index contributed by atoms with van der Waals surface area (Å²) >= 11 is 11.5. The Morgan fingerprint density at radius 3 is 2.32 bits per heavy atom. The molecule has 1 aromatic rings. The van der Waals surface area contributed by atoms with E-state index in [0.29, 0.717) is 12.3 Å². The average molecular weight is 301 g/mol. The smallest absolute Gasteiger partial charge is 0.222 e. The molecule has 0 spiro atoms. The molecule has 3 nitrogen and oxygen atoms in total. The van der Waals surface area contributed by atoms with Gasteiger partial charge in [0.25, 0.3) is 0 Å². The number of carbonyl (C=O) groups is 1. The summed E-state index contributed by atoms with van der Waals surface area (Å²) in [6.45, 7) is 3.30. The van der Waals surface area contributed by atoms with Crippen LogP contribution in [0.1, 0.15) is 12.8 Å². The number of hydrogen-bond acceptors (Lipinski definition) is 2. The molecule has 1 fully saturated rings. The zero-order valence-corrected chi connectivity index (χ0v) is 12.3. The normalized spacial score (nSPS) is 15.7. The number of amides is 1. The highest BCUT2D eigenvalue weighted by atomic mass is 35.5. The molecule has 0 radical (unpaired) electrons. The summed E-state index contributed by atoms with van der Waals surface area (Å²) in [6, 6.07) is 7.84. The van der Waals surface area contributed by atoms with Crippen molar-refractivity contribution >= 4 is 34.8 Å². The SMILES string of the molecule is O=C(CCCCl)N1CCN(c2ccc(Cl)cc2)CC1. The van der Waals surface area contributed by atoms with Gasteiger partial charge in [-0.3, -0.25) is 4.79 Å². The molecule has 1 aliphatic heterocycles. The summed E-state index contributed by atoms with van der Waals surface area (Å²) in [6.07, 6.45) is 1.32. The number of piperazine rings is 1. The maximum Gasteiger partial charge on any atom is 0.222 e. The van der Waals surface area contributed by atoms with Crippen molar-refractivity contribution in [2.45, 2.75) is 12.8 Å².